The molecule has 0 saturated heterocycles. The molecule has 0 aliphatic heterocycles. The van der Waals surface area contributed by atoms with Gasteiger partial charge in [0.15, 0.2) is 6.29 Å². The number of rotatable bonds is 1. The zero-order chi connectivity index (χ0) is 19.4. The van der Waals surface area contributed by atoms with Gasteiger partial charge in [-0.1, -0.05) is 57.7 Å². The molecule has 3 heteroatoms. The zero-order valence-corrected chi connectivity index (χ0v) is 17.4. The highest BCUT2D eigenvalue weighted by molar-refractivity contribution is 8.07. The van der Waals surface area contributed by atoms with E-state index in [4.69, 9.17) is 0 Å². The molecule has 0 spiro atoms. The molecule has 134 valence electrons. The first-order valence-corrected chi connectivity index (χ1v) is 10.0. The quantitative estimate of drug-likeness (QED) is 0.497. The van der Waals surface area contributed by atoms with Gasteiger partial charge < -0.3 is 0 Å². The number of carbonyl (C=O) groups excluding carboxylic acids is 1. The summed E-state index contributed by atoms with van der Waals surface area (Å²) in [6, 6.07) is 14.1. The minimum atomic E-state index is 0.105. The lowest BCUT2D eigenvalue weighted by Crippen LogP contribution is -2.34. The van der Waals surface area contributed by atoms with Crippen LogP contribution in [0.5, 0.6) is 0 Å². The lowest BCUT2D eigenvalue weighted by Gasteiger charge is -2.42. The van der Waals surface area contributed by atoms with E-state index in [9.17, 15) is 4.79 Å². The highest BCUT2D eigenvalue weighted by atomic mass is 32.8. The number of hydrogen-bond acceptors (Lipinski definition) is 3. The van der Waals surface area contributed by atoms with Gasteiger partial charge in [0.2, 0.25) is 0 Å². The molecule has 3 rings (SSSR count). The summed E-state index contributed by atoms with van der Waals surface area (Å²) in [5.41, 5.74) is 5.35. The average Bonchev–Trinajstić information content (AvgIpc) is 2.66. The van der Waals surface area contributed by atoms with E-state index in [0.717, 1.165) is 30.3 Å². The van der Waals surface area contributed by atoms with Gasteiger partial charge in [0.05, 0.1) is 0 Å². The fourth-order valence-corrected chi connectivity index (χ4v) is 3.50. The molecule has 1 nitrogen and oxygen atoms in total. The van der Waals surface area contributed by atoms with Crippen molar-refractivity contribution in [1.82, 2.24) is 0 Å². The van der Waals surface area contributed by atoms with Gasteiger partial charge in [-0.2, -0.15) is 0 Å². The second kappa shape index (κ2) is 8.20. The largest absolute Gasteiger partial charge is 0.298 e. The molecule has 0 heterocycles. The minimum absolute atomic E-state index is 0.105. The first-order valence-electron chi connectivity index (χ1n) is 8.71. The van der Waals surface area contributed by atoms with Crippen molar-refractivity contribution in [3.63, 3.8) is 0 Å². The van der Waals surface area contributed by atoms with Crippen LogP contribution >= 0.6 is 0 Å². The van der Waals surface area contributed by atoms with E-state index in [2.05, 4.69) is 74.0 Å². The maximum absolute atomic E-state index is 11.6. The van der Waals surface area contributed by atoms with Gasteiger partial charge in [0, 0.05) is 39.1 Å². The van der Waals surface area contributed by atoms with E-state index in [0.29, 0.717) is 5.56 Å². The average molecular weight is 381 g/mol. The SMILES string of the molecule is CC1(C)CCC(C)(C)c2cc(C=O)c(C#Cc3ccccc3)cc21.S=S. The summed E-state index contributed by atoms with van der Waals surface area (Å²) in [6.07, 6.45) is 3.23. The third kappa shape index (κ3) is 4.26. The summed E-state index contributed by atoms with van der Waals surface area (Å²) in [6.45, 7) is 9.11. The van der Waals surface area contributed by atoms with Crippen LogP contribution in [0.3, 0.4) is 0 Å². The zero-order valence-electron chi connectivity index (χ0n) is 15.8. The van der Waals surface area contributed by atoms with Crippen LogP contribution in [0.2, 0.25) is 0 Å². The number of aldehydes is 1. The molecule has 0 saturated carbocycles. The first-order chi connectivity index (χ1) is 12.3. The molecular formula is C23H24OS2. The molecule has 0 fully saturated rings. The van der Waals surface area contributed by atoms with Crippen molar-refractivity contribution in [3.8, 4) is 11.8 Å². The maximum Gasteiger partial charge on any atom is 0.151 e. The summed E-state index contributed by atoms with van der Waals surface area (Å²) in [5, 5.41) is 0. The third-order valence-electron chi connectivity index (χ3n) is 5.27. The summed E-state index contributed by atoms with van der Waals surface area (Å²) in [5.74, 6) is 6.40. The molecular weight excluding hydrogens is 356 g/mol. The molecule has 0 unspecified atom stereocenters. The molecule has 2 aromatic carbocycles. The molecule has 0 aromatic heterocycles. The topological polar surface area (TPSA) is 17.1 Å². The Balaban J connectivity index is 0.00000117. The van der Waals surface area contributed by atoms with E-state index in [1.165, 1.54) is 11.1 Å². The van der Waals surface area contributed by atoms with Gasteiger partial charge in [0.25, 0.3) is 0 Å². The number of fused-ring (bicyclic) bond motifs is 1. The van der Waals surface area contributed by atoms with Crippen molar-refractivity contribution in [2.24, 2.45) is 0 Å². The van der Waals surface area contributed by atoms with E-state index < -0.39 is 0 Å². The normalized spacial score (nSPS) is 16.2. The molecule has 1 aliphatic carbocycles. The summed E-state index contributed by atoms with van der Waals surface area (Å²) >= 11 is 7.33. The lowest BCUT2D eigenvalue weighted by molar-refractivity contribution is 0.112. The van der Waals surface area contributed by atoms with Crippen LogP contribution in [0.4, 0.5) is 0 Å². The molecule has 0 radical (unpaired) electrons. The van der Waals surface area contributed by atoms with Gasteiger partial charge in [-0.25, -0.2) is 0 Å². The molecule has 26 heavy (non-hydrogen) atoms. The van der Waals surface area contributed by atoms with E-state index in [-0.39, 0.29) is 10.8 Å². The van der Waals surface area contributed by atoms with Gasteiger partial charge in [-0.05, 0) is 59.1 Å². The van der Waals surface area contributed by atoms with Gasteiger partial charge in [-0.3, -0.25) is 4.79 Å². The molecule has 0 amide bonds. The summed E-state index contributed by atoms with van der Waals surface area (Å²) in [7, 11) is 0. The van der Waals surface area contributed by atoms with Crippen molar-refractivity contribution >= 4 is 28.7 Å². The third-order valence-corrected chi connectivity index (χ3v) is 5.27. The van der Waals surface area contributed by atoms with E-state index in [1.54, 1.807) is 0 Å². The van der Waals surface area contributed by atoms with Crippen LogP contribution in [-0.4, -0.2) is 6.29 Å². The van der Waals surface area contributed by atoms with Crippen molar-refractivity contribution in [2.75, 3.05) is 0 Å². The first kappa shape index (κ1) is 20.4. The van der Waals surface area contributed by atoms with E-state index >= 15 is 0 Å². The smallest absolute Gasteiger partial charge is 0.151 e. The Bertz CT molecular complexity index is 855. The summed E-state index contributed by atoms with van der Waals surface area (Å²) in [4.78, 5) is 11.6. The molecule has 0 atom stereocenters. The van der Waals surface area contributed by atoms with Gasteiger partial charge in [-0.15, -0.1) is 0 Å². The standard InChI is InChI=1S/C23H24O.S2/c1-22(2)12-13-23(3,4)21-15-19(16-24)18(14-20(21)22)11-10-17-8-6-5-7-9-17;1-2/h5-9,14-16H,12-13H2,1-4H3;. The minimum Gasteiger partial charge on any atom is -0.298 e. The lowest BCUT2D eigenvalue weighted by atomic mass is 9.62. The number of benzene rings is 2. The van der Waals surface area contributed by atoms with Crippen LogP contribution in [-0.2, 0) is 33.2 Å². The molecule has 2 aromatic rings. The Morgan fingerprint density at radius 3 is 1.96 bits per heavy atom. The van der Waals surface area contributed by atoms with Gasteiger partial charge >= 0.3 is 0 Å². The number of hydrogen-bond donors (Lipinski definition) is 0. The van der Waals surface area contributed by atoms with Crippen LogP contribution in [0.15, 0.2) is 42.5 Å². The van der Waals surface area contributed by atoms with Crippen LogP contribution < -0.4 is 0 Å². The van der Waals surface area contributed by atoms with Crippen molar-refractivity contribution in [2.45, 2.75) is 51.4 Å². The van der Waals surface area contributed by atoms with Crippen LogP contribution in [0.25, 0.3) is 0 Å². The van der Waals surface area contributed by atoms with Crippen LogP contribution in [0.1, 0.15) is 73.1 Å². The maximum atomic E-state index is 11.6. The predicted octanol–water partition coefficient (Wildman–Crippen LogP) is 5.24. The van der Waals surface area contributed by atoms with Crippen molar-refractivity contribution in [1.29, 1.82) is 0 Å². The van der Waals surface area contributed by atoms with Crippen LogP contribution in [0, 0.1) is 11.8 Å². The predicted molar refractivity (Wildman–Crippen MR) is 114 cm³/mol. The second-order valence-corrected chi connectivity index (χ2v) is 7.99. The fourth-order valence-electron chi connectivity index (χ4n) is 3.50. The molecule has 1 aliphatic rings. The highest BCUT2D eigenvalue weighted by Crippen LogP contribution is 2.46. The molecule has 0 N–H and O–H groups in total. The Hall–Kier alpha value is -1.89. The van der Waals surface area contributed by atoms with Gasteiger partial charge in [0.1, 0.15) is 0 Å². The second-order valence-electron chi connectivity index (χ2n) is 7.99. The highest BCUT2D eigenvalue weighted by Gasteiger charge is 2.37. The number of carbonyl (C=O) groups is 1. The molecule has 0 bridgehead atoms. The Kier molecular flexibility index (Phi) is 6.44. The Morgan fingerprint density at radius 2 is 1.42 bits per heavy atom. The van der Waals surface area contributed by atoms with Crippen molar-refractivity contribution in [3.05, 3.63) is 70.3 Å². The van der Waals surface area contributed by atoms with Crippen molar-refractivity contribution < 1.29 is 4.79 Å². The summed E-state index contributed by atoms with van der Waals surface area (Å²) < 4.78 is 0. The van der Waals surface area contributed by atoms with E-state index in [1.807, 2.05) is 30.3 Å². The Labute approximate surface area is 166 Å². The monoisotopic (exact) mass is 380 g/mol. The Morgan fingerprint density at radius 1 is 0.885 bits per heavy atom. The fraction of sp³-hybridized carbons (Fsp3) is 0.348.